The highest BCUT2D eigenvalue weighted by molar-refractivity contribution is 5.94. The van der Waals surface area contributed by atoms with Crippen LogP contribution in [0.1, 0.15) is 48.0 Å². The summed E-state index contributed by atoms with van der Waals surface area (Å²) < 4.78 is 0. The Morgan fingerprint density at radius 2 is 2.19 bits per heavy atom. The number of carbonyl (C=O) groups is 1. The first kappa shape index (κ1) is 14.1. The zero-order chi connectivity index (χ0) is 14.7. The average Bonchev–Trinajstić information content (AvgIpc) is 3.01. The molecule has 1 saturated heterocycles. The molecule has 1 amide bonds. The van der Waals surface area contributed by atoms with Crippen LogP contribution in [-0.4, -0.2) is 34.9 Å². The smallest absolute Gasteiger partial charge is 0.255 e. The third-order valence-corrected chi connectivity index (χ3v) is 4.57. The summed E-state index contributed by atoms with van der Waals surface area (Å²) in [5, 5.41) is 0. The fraction of sp³-hybridized carbons (Fsp3) is 0.529. The molecule has 1 aromatic heterocycles. The predicted octanol–water partition coefficient (Wildman–Crippen LogP) is 1.80. The van der Waals surface area contributed by atoms with Gasteiger partial charge in [0.1, 0.15) is 0 Å². The van der Waals surface area contributed by atoms with Gasteiger partial charge in [-0.05, 0) is 37.7 Å². The van der Waals surface area contributed by atoms with Crippen LogP contribution in [-0.2, 0) is 0 Å². The molecule has 0 spiro atoms. The highest BCUT2D eigenvalue weighted by atomic mass is 16.2. The fourth-order valence-corrected chi connectivity index (χ4v) is 3.65. The van der Waals surface area contributed by atoms with Gasteiger partial charge in [-0.2, -0.15) is 0 Å². The summed E-state index contributed by atoms with van der Waals surface area (Å²) in [4.78, 5) is 19.0. The molecule has 1 aromatic rings. The first-order chi connectivity index (χ1) is 10.3. The molecule has 0 aromatic carbocycles. The minimum atomic E-state index is 0.107. The zero-order valence-electron chi connectivity index (χ0n) is 12.2. The molecule has 1 aliphatic carbocycles. The normalized spacial score (nSPS) is 24.1. The number of carbonyl (C=O) groups excluding carboxylic acids is 1. The first-order valence-electron chi connectivity index (χ1n) is 7.74. The number of amides is 1. The molecule has 2 heterocycles. The number of hydrogen-bond acceptors (Lipinski definition) is 3. The summed E-state index contributed by atoms with van der Waals surface area (Å²) in [7, 11) is 0. The Hall–Kier alpha value is -1.86. The van der Waals surface area contributed by atoms with Gasteiger partial charge in [0.05, 0.1) is 12.1 Å². The number of rotatable bonds is 1. The van der Waals surface area contributed by atoms with Gasteiger partial charge in [-0.3, -0.25) is 9.78 Å². The lowest BCUT2D eigenvalue weighted by Crippen LogP contribution is -2.46. The number of likely N-dealkylation sites (tertiary alicyclic amines) is 1. The molecule has 21 heavy (non-hydrogen) atoms. The second kappa shape index (κ2) is 6.28. The molecular weight excluding hydrogens is 262 g/mol. The number of nitrogens with two attached hydrogens (primary N) is 1. The molecule has 0 radical (unpaired) electrons. The first-order valence-corrected chi connectivity index (χ1v) is 7.74. The summed E-state index contributed by atoms with van der Waals surface area (Å²) in [5.41, 5.74) is 6.78. The van der Waals surface area contributed by atoms with Crippen LogP contribution < -0.4 is 5.73 Å². The lowest BCUT2D eigenvalue weighted by molar-refractivity contribution is 0.0548. The number of aromatic nitrogens is 1. The Morgan fingerprint density at radius 1 is 1.33 bits per heavy atom. The zero-order valence-corrected chi connectivity index (χ0v) is 12.2. The van der Waals surface area contributed by atoms with Crippen LogP contribution in [0.4, 0.5) is 0 Å². The van der Waals surface area contributed by atoms with Crippen molar-refractivity contribution in [3.63, 3.8) is 0 Å². The SMILES string of the molecule is NCC#Cc1cncc(C(=O)N2CCCC3CCCC32)c1. The van der Waals surface area contributed by atoms with Gasteiger partial charge in [0.15, 0.2) is 0 Å². The van der Waals surface area contributed by atoms with E-state index in [9.17, 15) is 4.79 Å². The van der Waals surface area contributed by atoms with Crippen LogP contribution in [0, 0.1) is 17.8 Å². The van der Waals surface area contributed by atoms with Crippen molar-refractivity contribution in [1.82, 2.24) is 9.88 Å². The number of piperidine rings is 1. The summed E-state index contributed by atoms with van der Waals surface area (Å²) in [6, 6.07) is 2.27. The van der Waals surface area contributed by atoms with Crippen LogP contribution in [0.15, 0.2) is 18.5 Å². The van der Waals surface area contributed by atoms with E-state index in [-0.39, 0.29) is 5.91 Å². The van der Waals surface area contributed by atoms with Crippen molar-refractivity contribution < 1.29 is 4.79 Å². The summed E-state index contributed by atoms with van der Waals surface area (Å²) in [6.45, 7) is 1.19. The van der Waals surface area contributed by atoms with Gasteiger partial charge in [0.2, 0.25) is 0 Å². The Morgan fingerprint density at radius 3 is 3.05 bits per heavy atom. The molecule has 110 valence electrons. The lowest BCUT2D eigenvalue weighted by Gasteiger charge is -2.37. The Labute approximate surface area is 125 Å². The predicted molar refractivity (Wildman–Crippen MR) is 81.6 cm³/mol. The molecule has 1 aliphatic heterocycles. The van der Waals surface area contributed by atoms with Gasteiger partial charge in [-0.1, -0.05) is 18.3 Å². The van der Waals surface area contributed by atoms with Gasteiger partial charge in [-0.25, -0.2) is 0 Å². The second-order valence-electron chi connectivity index (χ2n) is 5.87. The van der Waals surface area contributed by atoms with Crippen LogP contribution in [0.25, 0.3) is 0 Å². The Balaban J connectivity index is 1.81. The molecule has 4 nitrogen and oxygen atoms in total. The van der Waals surface area contributed by atoms with E-state index < -0.39 is 0 Å². The monoisotopic (exact) mass is 283 g/mol. The molecule has 2 aliphatic rings. The van der Waals surface area contributed by atoms with E-state index in [0.29, 0.717) is 24.1 Å². The minimum absolute atomic E-state index is 0.107. The molecule has 2 unspecified atom stereocenters. The van der Waals surface area contributed by atoms with E-state index in [1.165, 1.54) is 19.3 Å². The van der Waals surface area contributed by atoms with Gasteiger partial charge < -0.3 is 10.6 Å². The third-order valence-electron chi connectivity index (χ3n) is 4.57. The van der Waals surface area contributed by atoms with E-state index in [4.69, 9.17) is 5.73 Å². The number of pyridine rings is 1. The lowest BCUT2D eigenvalue weighted by atomic mass is 9.91. The van der Waals surface area contributed by atoms with E-state index >= 15 is 0 Å². The summed E-state index contributed by atoms with van der Waals surface area (Å²) >= 11 is 0. The average molecular weight is 283 g/mol. The summed E-state index contributed by atoms with van der Waals surface area (Å²) in [5.74, 6) is 6.55. The topological polar surface area (TPSA) is 59.2 Å². The highest BCUT2D eigenvalue weighted by Crippen LogP contribution is 2.37. The quantitative estimate of drug-likeness (QED) is 0.799. The van der Waals surface area contributed by atoms with Crippen LogP contribution >= 0.6 is 0 Å². The maximum atomic E-state index is 12.8. The minimum Gasteiger partial charge on any atom is -0.335 e. The molecular formula is C17H21N3O. The summed E-state index contributed by atoms with van der Waals surface area (Å²) in [6.07, 6.45) is 9.38. The molecule has 0 bridgehead atoms. The van der Waals surface area contributed by atoms with Crippen molar-refractivity contribution in [3.05, 3.63) is 29.6 Å². The maximum absolute atomic E-state index is 12.8. The van der Waals surface area contributed by atoms with Gasteiger partial charge in [0, 0.05) is 30.5 Å². The highest BCUT2D eigenvalue weighted by Gasteiger charge is 2.37. The molecule has 2 N–H and O–H groups in total. The largest absolute Gasteiger partial charge is 0.335 e. The van der Waals surface area contributed by atoms with Crippen LogP contribution in [0.5, 0.6) is 0 Å². The number of hydrogen-bond donors (Lipinski definition) is 1. The number of nitrogens with zero attached hydrogens (tertiary/aromatic N) is 2. The van der Waals surface area contributed by atoms with E-state index in [0.717, 1.165) is 24.9 Å². The van der Waals surface area contributed by atoms with E-state index in [1.807, 2.05) is 6.07 Å². The van der Waals surface area contributed by atoms with Crippen molar-refractivity contribution in [2.45, 2.75) is 38.1 Å². The van der Waals surface area contributed by atoms with Crippen LogP contribution in [0.3, 0.4) is 0 Å². The van der Waals surface area contributed by atoms with Gasteiger partial charge in [-0.15, -0.1) is 0 Å². The second-order valence-corrected chi connectivity index (χ2v) is 5.87. The van der Waals surface area contributed by atoms with Crippen molar-refractivity contribution in [2.75, 3.05) is 13.1 Å². The maximum Gasteiger partial charge on any atom is 0.255 e. The Bertz CT molecular complexity index is 587. The Kier molecular flexibility index (Phi) is 4.21. The molecule has 2 atom stereocenters. The van der Waals surface area contributed by atoms with Gasteiger partial charge >= 0.3 is 0 Å². The van der Waals surface area contributed by atoms with E-state index in [1.54, 1.807) is 12.4 Å². The van der Waals surface area contributed by atoms with Crippen molar-refractivity contribution >= 4 is 5.91 Å². The molecule has 1 saturated carbocycles. The van der Waals surface area contributed by atoms with Crippen molar-refractivity contribution in [1.29, 1.82) is 0 Å². The molecule has 2 fully saturated rings. The van der Waals surface area contributed by atoms with Crippen molar-refractivity contribution in [3.8, 4) is 11.8 Å². The van der Waals surface area contributed by atoms with Crippen molar-refractivity contribution in [2.24, 2.45) is 11.7 Å². The van der Waals surface area contributed by atoms with E-state index in [2.05, 4.69) is 21.7 Å². The molecule has 3 rings (SSSR count). The van der Waals surface area contributed by atoms with Gasteiger partial charge in [0.25, 0.3) is 5.91 Å². The fourth-order valence-electron chi connectivity index (χ4n) is 3.65. The standard InChI is InChI=1S/C17H21N3O/c18-8-2-4-13-10-15(12-19-11-13)17(21)20-9-3-6-14-5-1-7-16(14)20/h10-12,14,16H,1,3,5-9,18H2. The van der Waals surface area contributed by atoms with Crippen LogP contribution in [0.2, 0.25) is 0 Å². The number of fused-ring (bicyclic) bond motifs is 1. The molecule has 4 heteroatoms. The third kappa shape index (κ3) is 2.93.